The number of hydrogen-bond acceptors (Lipinski definition) is 3. The van der Waals surface area contributed by atoms with E-state index in [9.17, 15) is 0 Å². The molecule has 3 nitrogen and oxygen atoms in total. The Morgan fingerprint density at radius 1 is 0.419 bits per heavy atom. The molecule has 3 heteroatoms. The van der Waals surface area contributed by atoms with Crippen molar-refractivity contribution in [2.75, 3.05) is 4.90 Å². The van der Waals surface area contributed by atoms with Crippen molar-refractivity contribution in [3.8, 4) is 39.5 Å². The van der Waals surface area contributed by atoms with E-state index < -0.39 is 5.41 Å². The van der Waals surface area contributed by atoms with Gasteiger partial charge in [-0.15, -0.1) is 0 Å². The summed E-state index contributed by atoms with van der Waals surface area (Å²) < 4.78 is 13.7. The molecular weight excluding hydrogens is 755 g/mol. The minimum absolute atomic E-state index is 0.175. The zero-order chi connectivity index (χ0) is 41.8. The average molecular weight is 800 g/mol. The van der Waals surface area contributed by atoms with Gasteiger partial charge in [0.25, 0.3) is 0 Å². The first-order chi connectivity index (χ1) is 30.4. The van der Waals surface area contributed by atoms with Crippen molar-refractivity contribution in [2.24, 2.45) is 0 Å². The second-order valence-corrected chi connectivity index (χ2v) is 16.9. The van der Waals surface area contributed by atoms with E-state index in [0.717, 1.165) is 79.0 Å². The summed E-state index contributed by atoms with van der Waals surface area (Å²) in [4.78, 5) is 2.44. The minimum atomic E-state index is -0.825. The minimum Gasteiger partial charge on any atom is -0.462 e. The van der Waals surface area contributed by atoms with Gasteiger partial charge in [-0.2, -0.15) is 0 Å². The van der Waals surface area contributed by atoms with Crippen LogP contribution in [0.25, 0.3) is 27.8 Å². The zero-order valence-corrected chi connectivity index (χ0v) is 35.0. The number of para-hydroxylation sites is 3. The van der Waals surface area contributed by atoms with Crippen molar-refractivity contribution in [1.29, 1.82) is 0 Å². The van der Waals surface area contributed by atoms with Crippen LogP contribution in [0.2, 0.25) is 0 Å². The van der Waals surface area contributed by atoms with Crippen LogP contribution < -0.4 is 14.4 Å². The normalized spacial score (nSPS) is 18.8. The van der Waals surface area contributed by atoms with Crippen LogP contribution in [0.3, 0.4) is 0 Å². The Morgan fingerprint density at radius 3 is 1.68 bits per heavy atom. The lowest BCUT2D eigenvalue weighted by molar-refractivity contribution is 0.407. The summed E-state index contributed by atoms with van der Waals surface area (Å²) >= 11 is 0. The highest BCUT2D eigenvalue weighted by Gasteiger charge is 2.45. The van der Waals surface area contributed by atoms with Crippen LogP contribution in [0, 0.1) is 0 Å². The lowest BCUT2D eigenvalue weighted by Crippen LogP contribution is -2.32. The molecule has 2 heterocycles. The fraction of sp³-hybridized carbons (Fsp3) is 0.0847. The number of nitrogens with zero attached hydrogens (tertiary/aromatic N) is 1. The van der Waals surface area contributed by atoms with Crippen molar-refractivity contribution in [2.45, 2.75) is 31.6 Å². The van der Waals surface area contributed by atoms with Crippen LogP contribution in [0.4, 0.5) is 17.1 Å². The Hall–Kier alpha value is -7.62. The summed E-state index contributed by atoms with van der Waals surface area (Å²) in [6, 6.07) is 69.5. The Labute approximate surface area is 364 Å². The van der Waals surface area contributed by atoms with Gasteiger partial charge in [0.05, 0.1) is 11.1 Å². The van der Waals surface area contributed by atoms with Gasteiger partial charge in [0.2, 0.25) is 0 Å². The standard InChI is InChI=1S/C59H45NO2/c1-40-30-31-42(41-18-6-4-7-19-41)36-37-59(50-25-13-16-28-55(50)61-40)51-26-14-17-29-56(51)62-57-35-33-45(39-53(57)59)60(54-27-15-11-22-46(54)43-20-8-5-9-21-43)44-32-34-48-47-23-10-12-24-49(47)58(2,3)52(48)38-44/h4-39H,1-3H3/b37-36+,40-30+,42-31+. The Bertz CT molecular complexity index is 3120. The van der Waals surface area contributed by atoms with E-state index in [1.54, 1.807) is 0 Å². The molecule has 0 saturated heterocycles. The van der Waals surface area contributed by atoms with E-state index in [2.05, 4.69) is 237 Å². The lowest BCUT2D eigenvalue weighted by atomic mass is 9.66. The molecule has 0 aromatic heterocycles. The molecule has 8 aromatic carbocycles. The summed E-state index contributed by atoms with van der Waals surface area (Å²) in [7, 11) is 0. The van der Waals surface area contributed by atoms with Gasteiger partial charge >= 0.3 is 0 Å². The van der Waals surface area contributed by atoms with E-state index in [1.807, 2.05) is 6.92 Å². The van der Waals surface area contributed by atoms with Crippen LogP contribution in [0.5, 0.6) is 17.2 Å². The molecule has 0 saturated carbocycles. The number of allylic oxidation sites excluding steroid dienone is 6. The Morgan fingerprint density at radius 2 is 0.952 bits per heavy atom. The molecule has 0 fully saturated rings. The summed E-state index contributed by atoms with van der Waals surface area (Å²) in [5, 5.41) is 0. The molecule has 298 valence electrons. The Kier molecular flexibility index (Phi) is 8.94. The predicted molar refractivity (Wildman–Crippen MR) is 255 cm³/mol. The van der Waals surface area contributed by atoms with E-state index in [-0.39, 0.29) is 5.41 Å². The monoisotopic (exact) mass is 799 g/mol. The third-order valence-corrected chi connectivity index (χ3v) is 12.9. The fourth-order valence-corrected chi connectivity index (χ4v) is 9.94. The van der Waals surface area contributed by atoms with Crippen molar-refractivity contribution in [1.82, 2.24) is 0 Å². The summed E-state index contributed by atoms with van der Waals surface area (Å²) in [6.07, 6.45) is 8.86. The highest BCUT2D eigenvalue weighted by Crippen LogP contribution is 2.57. The molecule has 0 radical (unpaired) electrons. The maximum atomic E-state index is 6.92. The van der Waals surface area contributed by atoms with Gasteiger partial charge in [-0.25, -0.2) is 0 Å². The maximum Gasteiger partial charge on any atom is 0.132 e. The van der Waals surface area contributed by atoms with Gasteiger partial charge in [0.15, 0.2) is 0 Å². The second-order valence-electron chi connectivity index (χ2n) is 16.9. The van der Waals surface area contributed by atoms with Crippen LogP contribution in [0.15, 0.2) is 224 Å². The number of fused-ring (bicyclic) bond motifs is 9. The highest BCUT2D eigenvalue weighted by molar-refractivity contribution is 5.91. The van der Waals surface area contributed by atoms with Gasteiger partial charge in [0.1, 0.15) is 23.0 Å². The predicted octanol–water partition coefficient (Wildman–Crippen LogP) is 15.5. The molecule has 2 aliphatic heterocycles. The van der Waals surface area contributed by atoms with E-state index in [4.69, 9.17) is 9.47 Å². The summed E-state index contributed by atoms with van der Waals surface area (Å²) in [5.74, 6) is 3.20. The molecule has 1 spiro atoms. The quantitative estimate of drug-likeness (QED) is 0.173. The number of anilines is 3. The topological polar surface area (TPSA) is 21.7 Å². The van der Waals surface area contributed by atoms with Gasteiger partial charge < -0.3 is 14.4 Å². The third kappa shape index (κ3) is 6.03. The van der Waals surface area contributed by atoms with Gasteiger partial charge in [0, 0.05) is 39.0 Å². The smallest absolute Gasteiger partial charge is 0.132 e. The van der Waals surface area contributed by atoms with Crippen LogP contribution in [-0.4, -0.2) is 0 Å². The van der Waals surface area contributed by atoms with Gasteiger partial charge in [-0.05, 0) is 100 Å². The number of ether oxygens (including phenoxy) is 2. The Balaban J connectivity index is 1.19. The SMILES string of the molecule is C\C1=C/C=C(c2ccccc2)\C=C\C2(c3ccccc3O1)c1ccccc1Oc1ccc(N(c3ccc4c(c3)C(C)(C)c3ccccc3-4)c3ccccc3-c3ccccc3)cc12. The van der Waals surface area contributed by atoms with Gasteiger partial charge in [-0.3, -0.25) is 0 Å². The molecular formula is C59H45NO2. The summed E-state index contributed by atoms with van der Waals surface area (Å²) in [5.41, 5.74) is 15.0. The van der Waals surface area contributed by atoms with Crippen LogP contribution in [-0.2, 0) is 10.8 Å². The average Bonchev–Trinajstić information content (AvgIpc) is 3.55. The lowest BCUT2D eigenvalue weighted by Gasteiger charge is -2.40. The van der Waals surface area contributed by atoms with Crippen molar-refractivity contribution in [3.63, 3.8) is 0 Å². The molecule has 3 aliphatic rings. The summed E-state index contributed by atoms with van der Waals surface area (Å²) in [6.45, 7) is 6.72. The van der Waals surface area contributed by atoms with Crippen LogP contribution in [0.1, 0.15) is 54.2 Å². The van der Waals surface area contributed by atoms with Crippen molar-refractivity contribution in [3.05, 3.63) is 258 Å². The number of benzene rings is 8. The molecule has 1 unspecified atom stereocenters. The first-order valence-electron chi connectivity index (χ1n) is 21.4. The molecule has 8 aromatic rings. The van der Waals surface area contributed by atoms with Crippen molar-refractivity contribution < 1.29 is 9.47 Å². The molecule has 11 rings (SSSR count). The number of rotatable bonds is 5. The van der Waals surface area contributed by atoms with E-state index in [0.29, 0.717) is 0 Å². The first kappa shape index (κ1) is 37.4. The molecule has 0 amide bonds. The highest BCUT2D eigenvalue weighted by atomic mass is 16.5. The molecule has 1 atom stereocenters. The first-order valence-corrected chi connectivity index (χ1v) is 21.4. The molecule has 0 bridgehead atoms. The fourth-order valence-electron chi connectivity index (χ4n) is 9.94. The zero-order valence-electron chi connectivity index (χ0n) is 35.0. The van der Waals surface area contributed by atoms with Crippen molar-refractivity contribution >= 4 is 22.6 Å². The molecule has 1 aliphatic carbocycles. The van der Waals surface area contributed by atoms with E-state index >= 15 is 0 Å². The number of hydrogen-bond donors (Lipinski definition) is 0. The molecule has 0 N–H and O–H groups in total. The maximum absolute atomic E-state index is 6.92. The largest absolute Gasteiger partial charge is 0.462 e. The van der Waals surface area contributed by atoms with Gasteiger partial charge in [-0.1, -0.05) is 178 Å². The second kappa shape index (κ2) is 14.8. The third-order valence-electron chi connectivity index (χ3n) is 12.9. The van der Waals surface area contributed by atoms with E-state index in [1.165, 1.54) is 22.3 Å². The van der Waals surface area contributed by atoms with Crippen LogP contribution >= 0.6 is 0 Å². The molecule has 62 heavy (non-hydrogen) atoms.